The molecule has 0 radical (unpaired) electrons. The van der Waals surface area contributed by atoms with Crippen LogP contribution in [0, 0.1) is 11.8 Å². The quantitative estimate of drug-likeness (QED) is 0.712. The monoisotopic (exact) mass is 180 g/mol. The van der Waals surface area contributed by atoms with Crippen LogP contribution in [0.15, 0.2) is 12.3 Å². The minimum Gasteiger partial charge on any atom is -0.387 e. The van der Waals surface area contributed by atoms with Crippen LogP contribution in [0.3, 0.4) is 0 Å². The number of aliphatic hydroxyl groups excluding tert-OH is 1. The summed E-state index contributed by atoms with van der Waals surface area (Å²) in [5.41, 5.74) is 0.977. The van der Waals surface area contributed by atoms with E-state index in [1.807, 2.05) is 10.7 Å². The molecule has 13 heavy (non-hydrogen) atoms. The van der Waals surface area contributed by atoms with Crippen LogP contribution in [0.2, 0.25) is 0 Å². The number of aliphatic hydroxyl groups is 1. The van der Waals surface area contributed by atoms with E-state index in [1.165, 1.54) is 0 Å². The number of fused-ring (bicyclic) bond motifs is 1. The molecule has 1 aromatic heterocycles. The summed E-state index contributed by atoms with van der Waals surface area (Å²) in [6.07, 6.45) is 2.48. The minimum atomic E-state index is -0.323. The Morgan fingerprint density at radius 3 is 3.08 bits per heavy atom. The molecule has 72 valence electrons. The maximum atomic E-state index is 10.0. The van der Waals surface area contributed by atoms with Crippen molar-refractivity contribution in [3.05, 3.63) is 18.0 Å². The molecule has 3 heteroatoms. The average Bonchev–Trinajstić information content (AvgIpc) is 2.52. The van der Waals surface area contributed by atoms with E-state index in [0.717, 1.165) is 18.7 Å². The van der Waals surface area contributed by atoms with E-state index in [2.05, 4.69) is 18.9 Å². The van der Waals surface area contributed by atoms with Crippen molar-refractivity contribution in [3.63, 3.8) is 0 Å². The lowest BCUT2D eigenvalue weighted by Gasteiger charge is -2.31. The number of hydrogen-bond donors (Lipinski definition) is 1. The molecular formula is C10H16N2O. The van der Waals surface area contributed by atoms with E-state index in [-0.39, 0.29) is 6.10 Å². The molecule has 3 nitrogen and oxygen atoms in total. The molecule has 0 saturated heterocycles. The highest BCUT2D eigenvalue weighted by molar-refractivity contribution is 5.08. The largest absolute Gasteiger partial charge is 0.387 e. The first-order valence-electron chi connectivity index (χ1n) is 4.90. The second-order valence-corrected chi connectivity index (χ2v) is 4.12. The lowest BCUT2D eigenvalue weighted by atomic mass is 9.84. The van der Waals surface area contributed by atoms with Gasteiger partial charge in [0.25, 0.3) is 0 Å². The topological polar surface area (TPSA) is 38.0 Å². The van der Waals surface area contributed by atoms with Crippen LogP contribution >= 0.6 is 0 Å². The fraction of sp³-hybridized carbons (Fsp3) is 0.700. The van der Waals surface area contributed by atoms with E-state index in [0.29, 0.717) is 11.8 Å². The van der Waals surface area contributed by atoms with Crippen LogP contribution in [0.25, 0.3) is 0 Å². The van der Waals surface area contributed by atoms with E-state index < -0.39 is 0 Å². The molecule has 0 saturated carbocycles. The Kier molecular flexibility index (Phi) is 2.12. The summed E-state index contributed by atoms with van der Waals surface area (Å²) >= 11 is 0. The highest BCUT2D eigenvalue weighted by Gasteiger charge is 2.30. The first-order chi connectivity index (χ1) is 6.20. The van der Waals surface area contributed by atoms with Gasteiger partial charge < -0.3 is 5.11 Å². The standard InChI is InChI=1S/C10H16N2O/c1-7(2)8-4-6-12-9(10(8)13)3-5-11-12/h3,5,7-8,10,13H,4,6H2,1-2H3/t8-,10-/m0/s1. The van der Waals surface area contributed by atoms with Gasteiger partial charge >= 0.3 is 0 Å². The van der Waals surface area contributed by atoms with Gasteiger partial charge in [-0.1, -0.05) is 13.8 Å². The average molecular weight is 180 g/mol. The molecule has 0 aromatic carbocycles. The smallest absolute Gasteiger partial charge is 0.0987 e. The number of hydrogen-bond acceptors (Lipinski definition) is 2. The molecule has 0 amide bonds. The van der Waals surface area contributed by atoms with Crippen LogP contribution < -0.4 is 0 Å². The van der Waals surface area contributed by atoms with E-state index in [1.54, 1.807) is 6.20 Å². The SMILES string of the molecule is CC(C)[C@@H]1CCn2nccc2[C@H]1O. The van der Waals surface area contributed by atoms with Crippen molar-refractivity contribution in [2.75, 3.05) is 0 Å². The van der Waals surface area contributed by atoms with Crippen molar-refractivity contribution in [3.8, 4) is 0 Å². The third kappa shape index (κ3) is 1.37. The Morgan fingerprint density at radius 1 is 1.62 bits per heavy atom. The van der Waals surface area contributed by atoms with Gasteiger partial charge in [0.2, 0.25) is 0 Å². The highest BCUT2D eigenvalue weighted by atomic mass is 16.3. The van der Waals surface area contributed by atoms with Gasteiger partial charge in [0.15, 0.2) is 0 Å². The van der Waals surface area contributed by atoms with Crippen LogP contribution in [-0.4, -0.2) is 14.9 Å². The molecule has 0 aliphatic carbocycles. The maximum Gasteiger partial charge on any atom is 0.0987 e. The predicted octanol–water partition coefficient (Wildman–Crippen LogP) is 1.59. The molecule has 0 fully saturated rings. The molecule has 0 bridgehead atoms. The van der Waals surface area contributed by atoms with Gasteiger partial charge in [-0.3, -0.25) is 4.68 Å². The first-order valence-corrected chi connectivity index (χ1v) is 4.90. The summed E-state index contributed by atoms with van der Waals surface area (Å²) < 4.78 is 1.91. The molecule has 2 atom stereocenters. The molecule has 0 spiro atoms. The Labute approximate surface area is 78.4 Å². The molecular weight excluding hydrogens is 164 g/mol. The van der Waals surface area contributed by atoms with E-state index in [9.17, 15) is 5.11 Å². The summed E-state index contributed by atoms with van der Waals surface area (Å²) in [7, 11) is 0. The van der Waals surface area contributed by atoms with Crippen LogP contribution in [-0.2, 0) is 6.54 Å². The Morgan fingerprint density at radius 2 is 2.38 bits per heavy atom. The van der Waals surface area contributed by atoms with Crippen molar-refractivity contribution in [1.82, 2.24) is 9.78 Å². The number of aryl methyl sites for hydroxylation is 1. The summed E-state index contributed by atoms with van der Waals surface area (Å²) in [5, 5.41) is 14.2. The highest BCUT2D eigenvalue weighted by Crippen LogP contribution is 2.34. The molecule has 1 aliphatic heterocycles. The zero-order chi connectivity index (χ0) is 9.42. The number of aromatic nitrogens is 2. The number of rotatable bonds is 1. The summed E-state index contributed by atoms with van der Waals surface area (Å²) in [6.45, 7) is 5.28. The van der Waals surface area contributed by atoms with Gasteiger partial charge in [-0.25, -0.2) is 0 Å². The van der Waals surface area contributed by atoms with Gasteiger partial charge in [-0.15, -0.1) is 0 Å². The van der Waals surface area contributed by atoms with Gasteiger partial charge in [0.1, 0.15) is 0 Å². The van der Waals surface area contributed by atoms with Crippen molar-refractivity contribution < 1.29 is 5.11 Å². The van der Waals surface area contributed by atoms with Crippen molar-refractivity contribution >= 4 is 0 Å². The van der Waals surface area contributed by atoms with Gasteiger partial charge in [0.05, 0.1) is 11.8 Å². The summed E-state index contributed by atoms with van der Waals surface area (Å²) in [6, 6.07) is 1.92. The second-order valence-electron chi connectivity index (χ2n) is 4.12. The molecule has 2 rings (SSSR count). The van der Waals surface area contributed by atoms with Crippen LogP contribution in [0.4, 0.5) is 0 Å². The summed E-state index contributed by atoms with van der Waals surface area (Å²) in [5.74, 6) is 0.933. The molecule has 1 aliphatic rings. The summed E-state index contributed by atoms with van der Waals surface area (Å²) in [4.78, 5) is 0. The predicted molar refractivity (Wildman–Crippen MR) is 50.1 cm³/mol. The third-order valence-corrected chi connectivity index (χ3v) is 2.99. The fourth-order valence-electron chi connectivity index (χ4n) is 2.13. The van der Waals surface area contributed by atoms with Crippen LogP contribution in [0.1, 0.15) is 32.1 Å². The normalized spacial score (nSPS) is 27.7. The van der Waals surface area contributed by atoms with E-state index >= 15 is 0 Å². The number of nitrogens with zero attached hydrogens (tertiary/aromatic N) is 2. The van der Waals surface area contributed by atoms with Crippen LogP contribution in [0.5, 0.6) is 0 Å². The molecule has 1 aromatic rings. The molecule has 1 N–H and O–H groups in total. The van der Waals surface area contributed by atoms with Gasteiger partial charge in [-0.05, 0) is 24.3 Å². The maximum absolute atomic E-state index is 10.0. The Balaban J connectivity index is 2.27. The van der Waals surface area contributed by atoms with Crippen molar-refractivity contribution in [1.29, 1.82) is 0 Å². The first kappa shape index (κ1) is 8.75. The molecule has 0 unspecified atom stereocenters. The van der Waals surface area contributed by atoms with Gasteiger partial charge in [-0.2, -0.15) is 5.10 Å². The lowest BCUT2D eigenvalue weighted by molar-refractivity contribution is 0.0476. The second kappa shape index (κ2) is 3.14. The molecule has 2 heterocycles. The van der Waals surface area contributed by atoms with E-state index in [4.69, 9.17) is 0 Å². The van der Waals surface area contributed by atoms with Crippen molar-refractivity contribution in [2.45, 2.75) is 32.9 Å². The lowest BCUT2D eigenvalue weighted by Crippen LogP contribution is -2.28. The Hall–Kier alpha value is -0.830. The zero-order valence-electron chi connectivity index (χ0n) is 8.14. The van der Waals surface area contributed by atoms with Gasteiger partial charge in [0, 0.05) is 12.7 Å². The zero-order valence-corrected chi connectivity index (χ0v) is 8.14. The third-order valence-electron chi connectivity index (χ3n) is 2.99. The fourth-order valence-corrected chi connectivity index (χ4v) is 2.13. The minimum absolute atomic E-state index is 0.323. The Bertz CT molecular complexity index is 293. The van der Waals surface area contributed by atoms with Crippen molar-refractivity contribution in [2.24, 2.45) is 11.8 Å².